The number of nitriles is 1. The van der Waals surface area contributed by atoms with Gasteiger partial charge in [0.2, 0.25) is 0 Å². The van der Waals surface area contributed by atoms with Gasteiger partial charge in [0.25, 0.3) is 0 Å². The van der Waals surface area contributed by atoms with Crippen molar-refractivity contribution in [3.8, 4) is 6.07 Å². The van der Waals surface area contributed by atoms with Crippen molar-refractivity contribution in [2.24, 2.45) is 0 Å². The predicted octanol–water partition coefficient (Wildman–Crippen LogP) is 2.38. The molecule has 1 aliphatic rings. The molecule has 0 unspecified atom stereocenters. The van der Waals surface area contributed by atoms with E-state index in [4.69, 9.17) is 9.31 Å². The molecule has 20 heavy (non-hydrogen) atoms. The summed E-state index contributed by atoms with van der Waals surface area (Å²) >= 11 is 0. The first-order valence-electron chi connectivity index (χ1n) is 6.94. The van der Waals surface area contributed by atoms with E-state index < -0.39 is 18.3 Å². The summed E-state index contributed by atoms with van der Waals surface area (Å²) in [6.45, 7) is 12.1. The van der Waals surface area contributed by atoms with Crippen LogP contribution in [0.25, 0.3) is 0 Å². The van der Waals surface area contributed by atoms with Gasteiger partial charge >= 0.3 is 7.12 Å². The van der Waals surface area contributed by atoms with Crippen LogP contribution in [0, 0.1) is 11.3 Å². The van der Waals surface area contributed by atoms with E-state index in [1.165, 1.54) is 0 Å². The van der Waals surface area contributed by atoms with Gasteiger partial charge in [0, 0.05) is 6.20 Å². The number of hydrogen-bond acceptors (Lipinski definition) is 4. The van der Waals surface area contributed by atoms with Crippen molar-refractivity contribution in [2.75, 3.05) is 0 Å². The number of nitrogens with zero attached hydrogens (tertiary/aromatic N) is 2. The maximum Gasteiger partial charge on any atom is 0.514 e. The average Bonchev–Trinajstić information content (AvgIpc) is 2.57. The summed E-state index contributed by atoms with van der Waals surface area (Å²) in [6, 6.07) is 3.97. The number of pyridine rings is 1. The molecule has 2 heterocycles. The minimum Gasteiger partial charge on any atom is -0.398 e. The highest BCUT2D eigenvalue weighted by Gasteiger charge is 2.53. The van der Waals surface area contributed by atoms with Crippen LogP contribution < -0.4 is 5.59 Å². The van der Waals surface area contributed by atoms with E-state index in [0.29, 0.717) is 5.56 Å². The molecule has 0 radical (unpaired) electrons. The second kappa shape index (κ2) is 4.87. The van der Waals surface area contributed by atoms with Crippen LogP contribution in [0.4, 0.5) is 0 Å². The largest absolute Gasteiger partial charge is 0.514 e. The highest BCUT2D eigenvalue weighted by atomic mass is 16.7. The molecule has 4 nitrogen and oxygen atoms in total. The Hall–Kier alpha value is -1.38. The maximum atomic E-state index is 9.28. The van der Waals surface area contributed by atoms with Crippen molar-refractivity contribution in [3.63, 3.8) is 0 Å². The summed E-state index contributed by atoms with van der Waals surface area (Å²) in [6.07, 6.45) is 1.64. The lowest BCUT2D eigenvalue weighted by Crippen LogP contribution is -2.41. The Morgan fingerprint density at radius 3 is 2.20 bits per heavy atom. The van der Waals surface area contributed by atoms with Crippen LogP contribution in [0.15, 0.2) is 12.3 Å². The van der Waals surface area contributed by atoms with Crippen LogP contribution in [0.3, 0.4) is 0 Å². The zero-order valence-electron chi connectivity index (χ0n) is 13.0. The van der Waals surface area contributed by atoms with Gasteiger partial charge in [-0.05, 0) is 45.2 Å². The molecule has 0 atom stereocenters. The molecule has 1 aromatic rings. The van der Waals surface area contributed by atoms with Gasteiger partial charge in [0.1, 0.15) is 0 Å². The standard InChI is InChI=1S/C15H21BN2O2/c1-10(2)12-11(9-17)7-8-18-13(12)16-19-14(3,4)15(5,6)20-16/h7-8,10H,1-6H3. The topological polar surface area (TPSA) is 55.1 Å². The highest BCUT2D eigenvalue weighted by molar-refractivity contribution is 6.61. The summed E-state index contributed by atoms with van der Waals surface area (Å²) in [4.78, 5) is 4.42. The predicted molar refractivity (Wildman–Crippen MR) is 78.8 cm³/mol. The number of aromatic nitrogens is 1. The molecule has 0 N–H and O–H groups in total. The van der Waals surface area contributed by atoms with Crippen LogP contribution in [-0.2, 0) is 9.31 Å². The third kappa shape index (κ3) is 2.34. The van der Waals surface area contributed by atoms with Crippen molar-refractivity contribution >= 4 is 12.7 Å². The third-order valence-electron chi connectivity index (χ3n) is 4.20. The Bertz CT molecular complexity index is 545. The second-order valence-corrected chi connectivity index (χ2v) is 6.51. The lowest BCUT2D eigenvalue weighted by molar-refractivity contribution is 0.00578. The Labute approximate surface area is 121 Å². The molecule has 1 aliphatic heterocycles. The average molecular weight is 272 g/mol. The normalized spacial score (nSPS) is 20.2. The van der Waals surface area contributed by atoms with E-state index in [1.807, 2.05) is 41.5 Å². The highest BCUT2D eigenvalue weighted by Crippen LogP contribution is 2.37. The van der Waals surface area contributed by atoms with Gasteiger partial charge in [0.05, 0.1) is 28.4 Å². The lowest BCUT2D eigenvalue weighted by Gasteiger charge is -2.32. The smallest absolute Gasteiger partial charge is 0.398 e. The summed E-state index contributed by atoms with van der Waals surface area (Å²) in [5.74, 6) is 0.187. The molecule has 5 heteroatoms. The van der Waals surface area contributed by atoms with Gasteiger partial charge < -0.3 is 9.31 Å². The van der Waals surface area contributed by atoms with Crippen molar-refractivity contribution in [3.05, 3.63) is 23.4 Å². The van der Waals surface area contributed by atoms with Crippen molar-refractivity contribution in [2.45, 2.75) is 58.7 Å². The zero-order chi connectivity index (χ0) is 15.1. The van der Waals surface area contributed by atoms with E-state index in [-0.39, 0.29) is 5.92 Å². The van der Waals surface area contributed by atoms with Gasteiger partial charge in [-0.1, -0.05) is 13.8 Å². The molecular formula is C15H21BN2O2. The summed E-state index contributed by atoms with van der Waals surface area (Å²) in [5.41, 5.74) is 1.46. The Morgan fingerprint density at radius 2 is 1.75 bits per heavy atom. The molecule has 1 fully saturated rings. The van der Waals surface area contributed by atoms with E-state index in [2.05, 4.69) is 11.1 Å². The van der Waals surface area contributed by atoms with Crippen LogP contribution >= 0.6 is 0 Å². The van der Waals surface area contributed by atoms with Gasteiger partial charge in [-0.3, -0.25) is 4.98 Å². The van der Waals surface area contributed by atoms with E-state index in [0.717, 1.165) is 11.2 Å². The molecule has 106 valence electrons. The molecule has 0 bridgehead atoms. The molecule has 0 amide bonds. The monoisotopic (exact) mass is 272 g/mol. The first-order valence-corrected chi connectivity index (χ1v) is 6.94. The molecular weight excluding hydrogens is 251 g/mol. The van der Waals surface area contributed by atoms with Crippen LogP contribution in [0.1, 0.15) is 58.6 Å². The Balaban J connectivity index is 2.48. The Morgan fingerprint density at radius 1 is 1.20 bits per heavy atom. The third-order valence-corrected chi connectivity index (χ3v) is 4.20. The zero-order valence-corrected chi connectivity index (χ0v) is 13.0. The Kier molecular flexibility index (Phi) is 3.66. The fourth-order valence-electron chi connectivity index (χ4n) is 2.34. The molecule has 0 aliphatic carbocycles. The first kappa shape index (κ1) is 15.0. The van der Waals surface area contributed by atoms with Crippen molar-refractivity contribution < 1.29 is 9.31 Å². The molecule has 0 saturated carbocycles. The SMILES string of the molecule is CC(C)c1c(C#N)ccnc1B1OC(C)(C)C(C)(C)O1. The van der Waals surface area contributed by atoms with Crippen molar-refractivity contribution in [1.29, 1.82) is 5.26 Å². The van der Waals surface area contributed by atoms with E-state index >= 15 is 0 Å². The molecule has 1 saturated heterocycles. The fraction of sp³-hybridized carbons (Fsp3) is 0.600. The van der Waals surface area contributed by atoms with Crippen LogP contribution in [0.5, 0.6) is 0 Å². The maximum absolute atomic E-state index is 9.28. The number of rotatable bonds is 2. The minimum absolute atomic E-state index is 0.187. The van der Waals surface area contributed by atoms with E-state index in [1.54, 1.807) is 12.3 Å². The fourth-order valence-corrected chi connectivity index (χ4v) is 2.34. The quantitative estimate of drug-likeness (QED) is 0.775. The molecule has 0 aromatic carbocycles. The summed E-state index contributed by atoms with van der Waals surface area (Å²) in [7, 11) is -0.523. The summed E-state index contributed by atoms with van der Waals surface area (Å²) in [5, 5.41) is 9.28. The van der Waals surface area contributed by atoms with Gasteiger partial charge in [-0.15, -0.1) is 0 Å². The van der Waals surface area contributed by atoms with Gasteiger partial charge in [-0.2, -0.15) is 5.26 Å². The van der Waals surface area contributed by atoms with Gasteiger partial charge in [-0.25, -0.2) is 0 Å². The van der Waals surface area contributed by atoms with Crippen molar-refractivity contribution in [1.82, 2.24) is 4.98 Å². The van der Waals surface area contributed by atoms with Gasteiger partial charge in [0.15, 0.2) is 0 Å². The minimum atomic E-state index is -0.523. The van der Waals surface area contributed by atoms with E-state index in [9.17, 15) is 5.26 Å². The molecule has 1 aromatic heterocycles. The first-order chi connectivity index (χ1) is 9.19. The van der Waals surface area contributed by atoms with Crippen LogP contribution in [-0.4, -0.2) is 23.3 Å². The lowest BCUT2D eigenvalue weighted by atomic mass is 9.76. The number of hydrogen-bond donors (Lipinski definition) is 0. The van der Waals surface area contributed by atoms with Crippen LogP contribution in [0.2, 0.25) is 0 Å². The summed E-state index contributed by atoms with van der Waals surface area (Å²) < 4.78 is 12.1. The molecule has 2 rings (SSSR count). The molecule has 0 spiro atoms. The second-order valence-electron chi connectivity index (χ2n) is 6.51.